The first-order chi connectivity index (χ1) is 12.7. The number of ether oxygens (including phenoxy) is 1. The summed E-state index contributed by atoms with van der Waals surface area (Å²) in [5.74, 6) is 0.641. The van der Waals surface area contributed by atoms with Crippen LogP contribution in [0.5, 0.6) is 5.75 Å². The Hall–Kier alpha value is -2.59. The number of rotatable bonds is 7. The third-order valence-corrected chi connectivity index (χ3v) is 4.65. The van der Waals surface area contributed by atoms with Gasteiger partial charge in [-0.3, -0.25) is 9.69 Å². The number of hydrogen-bond acceptors (Lipinski definition) is 3. The highest BCUT2D eigenvalue weighted by Crippen LogP contribution is 2.18. The molecular weight excluding hydrogens is 324 g/mol. The number of carbonyl (C=O) groups is 1. The molecule has 3 rings (SSSR count). The quantitative estimate of drug-likeness (QED) is 0.776. The third-order valence-electron chi connectivity index (χ3n) is 4.65. The number of carbonyl (C=O) groups excluding carboxylic acids is 1. The van der Waals surface area contributed by atoms with Crippen LogP contribution < -0.4 is 10.1 Å². The molecule has 4 nitrogen and oxygen atoms in total. The number of benzene rings is 2. The van der Waals surface area contributed by atoms with Gasteiger partial charge in [0.25, 0.3) is 0 Å². The molecule has 1 aliphatic heterocycles. The number of hydrogen-bond donors (Lipinski definition) is 1. The number of para-hydroxylation sites is 1. The lowest BCUT2D eigenvalue weighted by molar-refractivity contribution is -0.116. The van der Waals surface area contributed by atoms with E-state index in [2.05, 4.69) is 34.5 Å². The molecule has 0 atom stereocenters. The maximum Gasteiger partial charge on any atom is 0.244 e. The van der Waals surface area contributed by atoms with Crippen LogP contribution in [0.3, 0.4) is 0 Å². The zero-order chi connectivity index (χ0) is 18.2. The van der Waals surface area contributed by atoms with Crippen LogP contribution in [0.15, 0.2) is 54.6 Å². The van der Waals surface area contributed by atoms with E-state index < -0.39 is 0 Å². The van der Waals surface area contributed by atoms with Crippen molar-refractivity contribution >= 4 is 12.0 Å². The molecule has 4 heteroatoms. The van der Waals surface area contributed by atoms with Crippen LogP contribution in [-0.2, 0) is 17.9 Å². The fraction of sp³-hybridized carbons (Fsp3) is 0.318. The number of amides is 1. The van der Waals surface area contributed by atoms with Gasteiger partial charge in [-0.05, 0) is 49.2 Å². The molecule has 0 aliphatic carbocycles. The van der Waals surface area contributed by atoms with Crippen LogP contribution >= 0.6 is 0 Å². The average molecular weight is 350 g/mol. The van der Waals surface area contributed by atoms with Gasteiger partial charge < -0.3 is 10.1 Å². The summed E-state index contributed by atoms with van der Waals surface area (Å²) in [5.41, 5.74) is 3.32. The van der Waals surface area contributed by atoms with E-state index in [1.54, 1.807) is 19.3 Å². The summed E-state index contributed by atoms with van der Waals surface area (Å²) < 4.78 is 5.28. The molecule has 1 amide bonds. The summed E-state index contributed by atoms with van der Waals surface area (Å²) >= 11 is 0. The van der Waals surface area contributed by atoms with Crippen LogP contribution in [0.25, 0.3) is 6.08 Å². The van der Waals surface area contributed by atoms with Crippen molar-refractivity contribution in [1.82, 2.24) is 10.2 Å². The Kier molecular flexibility index (Phi) is 6.45. The monoisotopic (exact) mass is 350 g/mol. The number of methoxy groups -OCH3 is 1. The second kappa shape index (κ2) is 9.20. The molecule has 136 valence electrons. The lowest BCUT2D eigenvalue weighted by atomic mass is 10.1. The van der Waals surface area contributed by atoms with Crippen molar-refractivity contribution in [2.24, 2.45) is 0 Å². The third kappa shape index (κ3) is 5.20. The first kappa shape index (κ1) is 18.2. The highest BCUT2D eigenvalue weighted by Gasteiger charge is 2.11. The Morgan fingerprint density at radius 2 is 1.77 bits per heavy atom. The summed E-state index contributed by atoms with van der Waals surface area (Å²) in [6.07, 6.45) is 5.94. The van der Waals surface area contributed by atoms with Crippen molar-refractivity contribution in [1.29, 1.82) is 0 Å². The van der Waals surface area contributed by atoms with E-state index >= 15 is 0 Å². The maximum atomic E-state index is 12.0. The van der Waals surface area contributed by atoms with E-state index in [1.165, 1.54) is 31.5 Å². The minimum absolute atomic E-state index is 0.114. The highest BCUT2D eigenvalue weighted by molar-refractivity contribution is 5.92. The average Bonchev–Trinajstić information content (AvgIpc) is 3.19. The first-order valence-corrected chi connectivity index (χ1v) is 9.14. The van der Waals surface area contributed by atoms with Crippen LogP contribution in [0.2, 0.25) is 0 Å². The van der Waals surface area contributed by atoms with Crippen molar-refractivity contribution in [3.05, 3.63) is 71.3 Å². The highest BCUT2D eigenvalue weighted by atomic mass is 16.5. The van der Waals surface area contributed by atoms with Gasteiger partial charge in [0.2, 0.25) is 5.91 Å². The summed E-state index contributed by atoms with van der Waals surface area (Å²) in [6.45, 7) is 3.96. The topological polar surface area (TPSA) is 41.6 Å². The first-order valence-electron chi connectivity index (χ1n) is 9.14. The Morgan fingerprint density at radius 3 is 2.50 bits per heavy atom. The SMILES string of the molecule is COc1ccccc1/C=C/C(=O)NCc1ccc(CN2CCCC2)cc1. The molecule has 1 aliphatic rings. The second-order valence-corrected chi connectivity index (χ2v) is 6.59. The number of nitrogens with one attached hydrogen (secondary N) is 1. The van der Waals surface area contributed by atoms with Crippen molar-refractivity contribution in [3.8, 4) is 5.75 Å². The maximum absolute atomic E-state index is 12.0. The van der Waals surface area contributed by atoms with Gasteiger partial charge in [-0.1, -0.05) is 42.5 Å². The molecule has 2 aromatic carbocycles. The Balaban J connectivity index is 1.48. The zero-order valence-corrected chi connectivity index (χ0v) is 15.3. The molecule has 2 aromatic rings. The van der Waals surface area contributed by atoms with Crippen molar-refractivity contribution in [2.75, 3.05) is 20.2 Å². The summed E-state index contributed by atoms with van der Waals surface area (Å²) in [7, 11) is 1.63. The fourth-order valence-corrected chi connectivity index (χ4v) is 3.18. The normalized spacial score (nSPS) is 14.7. The van der Waals surface area contributed by atoms with Crippen molar-refractivity contribution in [3.63, 3.8) is 0 Å². The molecule has 0 aromatic heterocycles. The van der Waals surface area contributed by atoms with Gasteiger partial charge in [0.15, 0.2) is 0 Å². The van der Waals surface area contributed by atoms with Crippen molar-refractivity contribution < 1.29 is 9.53 Å². The zero-order valence-electron chi connectivity index (χ0n) is 15.3. The van der Waals surface area contributed by atoms with E-state index in [0.29, 0.717) is 6.54 Å². The molecule has 1 saturated heterocycles. The Morgan fingerprint density at radius 1 is 1.08 bits per heavy atom. The smallest absolute Gasteiger partial charge is 0.244 e. The predicted molar refractivity (Wildman–Crippen MR) is 105 cm³/mol. The van der Waals surface area contributed by atoms with E-state index in [-0.39, 0.29) is 5.91 Å². The molecule has 0 radical (unpaired) electrons. The van der Waals surface area contributed by atoms with Crippen LogP contribution in [0.4, 0.5) is 0 Å². The molecule has 1 N–H and O–H groups in total. The van der Waals surface area contributed by atoms with E-state index in [4.69, 9.17) is 4.74 Å². The second-order valence-electron chi connectivity index (χ2n) is 6.59. The lowest BCUT2D eigenvalue weighted by Gasteiger charge is -2.14. The van der Waals surface area contributed by atoms with Gasteiger partial charge in [0.1, 0.15) is 5.75 Å². The van der Waals surface area contributed by atoms with Crippen LogP contribution in [0.1, 0.15) is 29.5 Å². The van der Waals surface area contributed by atoms with Gasteiger partial charge in [-0.15, -0.1) is 0 Å². The predicted octanol–water partition coefficient (Wildman–Crippen LogP) is 3.62. The molecule has 26 heavy (non-hydrogen) atoms. The van der Waals surface area contributed by atoms with E-state index in [0.717, 1.165) is 23.4 Å². The van der Waals surface area contributed by atoms with Crippen LogP contribution in [-0.4, -0.2) is 31.0 Å². The number of likely N-dealkylation sites (tertiary alicyclic amines) is 1. The molecule has 0 spiro atoms. The molecule has 1 fully saturated rings. The number of nitrogens with zero attached hydrogens (tertiary/aromatic N) is 1. The summed E-state index contributed by atoms with van der Waals surface area (Å²) in [6, 6.07) is 16.1. The molecule has 0 bridgehead atoms. The van der Waals surface area contributed by atoms with E-state index in [1.807, 2.05) is 24.3 Å². The van der Waals surface area contributed by atoms with E-state index in [9.17, 15) is 4.79 Å². The molecule has 0 unspecified atom stereocenters. The Bertz CT molecular complexity index is 747. The summed E-state index contributed by atoms with van der Waals surface area (Å²) in [4.78, 5) is 14.5. The minimum Gasteiger partial charge on any atom is -0.496 e. The van der Waals surface area contributed by atoms with Gasteiger partial charge in [-0.2, -0.15) is 0 Å². The van der Waals surface area contributed by atoms with Crippen LogP contribution in [0, 0.1) is 0 Å². The lowest BCUT2D eigenvalue weighted by Crippen LogP contribution is -2.20. The standard InChI is InChI=1S/C22H26N2O2/c1-26-21-7-3-2-6-20(21)12-13-22(25)23-16-18-8-10-19(11-9-18)17-24-14-4-5-15-24/h2-3,6-13H,4-5,14-17H2,1H3,(H,23,25)/b13-12+. The largest absolute Gasteiger partial charge is 0.496 e. The van der Waals surface area contributed by atoms with Gasteiger partial charge >= 0.3 is 0 Å². The fourth-order valence-electron chi connectivity index (χ4n) is 3.18. The minimum atomic E-state index is -0.114. The van der Waals surface area contributed by atoms with Crippen molar-refractivity contribution in [2.45, 2.75) is 25.9 Å². The molecule has 0 saturated carbocycles. The summed E-state index contributed by atoms with van der Waals surface area (Å²) in [5, 5.41) is 2.92. The molecular formula is C22H26N2O2. The Labute approximate surface area is 155 Å². The van der Waals surface area contributed by atoms with Gasteiger partial charge in [-0.25, -0.2) is 0 Å². The molecule has 1 heterocycles. The van der Waals surface area contributed by atoms with Gasteiger partial charge in [0, 0.05) is 24.7 Å². The van der Waals surface area contributed by atoms with Gasteiger partial charge in [0.05, 0.1) is 7.11 Å².